The molecule has 0 aromatic heterocycles. The molecule has 0 unspecified atom stereocenters. The van der Waals surface area contributed by atoms with Crippen LogP contribution >= 0.6 is 0 Å². The number of hydrogen-bond acceptors (Lipinski definition) is 8. The summed E-state index contributed by atoms with van der Waals surface area (Å²) in [6.45, 7) is 11.4. The molecule has 0 amide bonds. The van der Waals surface area contributed by atoms with Crippen LogP contribution in [0.5, 0.6) is 0 Å². The van der Waals surface area contributed by atoms with E-state index in [1.807, 2.05) is 7.05 Å². The maximum absolute atomic E-state index is 12.7. The molecule has 0 N–H and O–H groups in total. The van der Waals surface area contributed by atoms with Crippen molar-refractivity contribution in [2.45, 2.75) is 271 Å². The lowest BCUT2D eigenvalue weighted by molar-refractivity contribution is -0.145. The van der Waals surface area contributed by atoms with Crippen LogP contribution < -0.4 is 0 Å². The summed E-state index contributed by atoms with van der Waals surface area (Å²) in [5.41, 5.74) is 0. The van der Waals surface area contributed by atoms with Crippen molar-refractivity contribution >= 4 is 17.9 Å². The first-order valence-corrected chi connectivity index (χ1v) is 27.3. The first-order valence-electron chi connectivity index (χ1n) is 27.3. The van der Waals surface area contributed by atoms with Crippen LogP contribution in [0.4, 0.5) is 0 Å². The Balaban J connectivity index is 4.38. The zero-order valence-corrected chi connectivity index (χ0v) is 42.1. The standard InChI is InChI=1S/C54H106N2O6/c1-5-8-11-14-17-20-23-26-29-32-35-38-49-60-52(57)41-44-55(4)47-48-56(45-42-53(58)61-50-39-36-33-30-27-24-21-18-15-12-9-6-2)46-43-54(59)62-51-40-37-34-31-28-25-22-19-16-13-10-7-3/h5-51H2,1-4H3. The van der Waals surface area contributed by atoms with Gasteiger partial charge in [-0.05, 0) is 26.3 Å². The lowest BCUT2D eigenvalue weighted by Gasteiger charge is -2.25. The van der Waals surface area contributed by atoms with E-state index in [0.717, 1.165) is 45.1 Å². The molecule has 0 aliphatic heterocycles. The second-order valence-electron chi connectivity index (χ2n) is 18.7. The summed E-state index contributed by atoms with van der Waals surface area (Å²) in [5.74, 6) is -0.475. The lowest BCUT2D eigenvalue weighted by Crippen LogP contribution is -2.37. The average Bonchev–Trinajstić information content (AvgIpc) is 3.27. The van der Waals surface area contributed by atoms with Gasteiger partial charge in [0.05, 0.1) is 39.1 Å². The maximum Gasteiger partial charge on any atom is 0.307 e. The molecule has 0 aromatic carbocycles. The van der Waals surface area contributed by atoms with Crippen LogP contribution in [0.25, 0.3) is 0 Å². The monoisotopic (exact) mass is 879 g/mol. The van der Waals surface area contributed by atoms with Crippen molar-refractivity contribution in [1.82, 2.24) is 9.80 Å². The summed E-state index contributed by atoms with van der Waals surface area (Å²) in [6, 6.07) is 0. The fourth-order valence-corrected chi connectivity index (χ4v) is 8.14. The zero-order valence-electron chi connectivity index (χ0n) is 42.1. The van der Waals surface area contributed by atoms with Crippen LogP contribution in [-0.4, -0.2) is 87.3 Å². The van der Waals surface area contributed by atoms with Gasteiger partial charge in [-0.15, -0.1) is 0 Å². The first-order chi connectivity index (χ1) is 30.4. The number of hydrogen-bond donors (Lipinski definition) is 0. The number of nitrogens with zero attached hydrogens (tertiary/aromatic N) is 2. The highest BCUT2D eigenvalue weighted by molar-refractivity contribution is 5.70. The molecule has 0 aromatic rings. The molecular weight excluding hydrogens is 773 g/mol. The van der Waals surface area contributed by atoms with Gasteiger partial charge in [-0.1, -0.05) is 233 Å². The van der Waals surface area contributed by atoms with Crippen molar-refractivity contribution in [2.24, 2.45) is 0 Å². The van der Waals surface area contributed by atoms with Crippen LogP contribution in [0.2, 0.25) is 0 Å². The molecule has 8 nitrogen and oxygen atoms in total. The number of rotatable bonds is 51. The fraction of sp³-hybridized carbons (Fsp3) is 0.944. The number of carbonyl (C=O) groups is 3. The van der Waals surface area contributed by atoms with Crippen molar-refractivity contribution < 1.29 is 28.6 Å². The van der Waals surface area contributed by atoms with Gasteiger partial charge in [-0.2, -0.15) is 0 Å². The summed E-state index contributed by atoms with van der Waals surface area (Å²) in [4.78, 5) is 42.1. The van der Waals surface area contributed by atoms with Gasteiger partial charge in [-0.25, -0.2) is 0 Å². The van der Waals surface area contributed by atoms with Gasteiger partial charge in [0.1, 0.15) is 0 Å². The normalized spacial score (nSPS) is 11.5. The Bertz CT molecular complexity index is 902. The van der Waals surface area contributed by atoms with E-state index >= 15 is 0 Å². The van der Waals surface area contributed by atoms with Crippen LogP contribution in [0.3, 0.4) is 0 Å². The first kappa shape index (κ1) is 60.3. The van der Waals surface area contributed by atoms with Crippen molar-refractivity contribution in [3.05, 3.63) is 0 Å². The van der Waals surface area contributed by atoms with Crippen molar-refractivity contribution in [3.8, 4) is 0 Å². The van der Waals surface area contributed by atoms with Gasteiger partial charge < -0.3 is 24.0 Å². The van der Waals surface area contributed by atoms with E-state index in [1.165, 1.54) is 193 Å². The highest BCUT2D eigenvalue weighted by atomic mass is 16.5. The fourth-order valence-electron chi connectivity index (χ4n) is 8.14. The third-order valence-corrected chi connectivity index (χ3v) is 12.5. The van der Waals surface area contributed by atoms with E-state index in [0.29, 0.717) is 65.3 Å². The lowest BCUT2D eigenvalue weighted by atomic mass is 10.1. The van der Waals surface area contributed by atoms with Gasteiger partial charge in [0.25, 0.3) is 0 Å². The molecule has 0 rings (SSSR count). The molecule has 0 heterocycles. The Morgan fingerprint density at radius 1 is 0.290 bits per heavy atom. The Hall–Kier alpha value is -1.67. The minimum Gasteiger partial charge on any atom is -0.466 e. The molecule has 0 fully saturated rings. The Morgan fingerprint density at radius 3 is 0.774 bits per heavy atom. The average molecular weight is 879 g/mol. The predicted octanol–water partition coefficient (Wildman–Crippen LogP) is 15.1. The SMILES string of the molecule is CCCCCCCCCCCCCCOC(=O)CCN(C)CCN(CCC(=O)OCCCCCCCCCCCCCC)CCC(=O)OCCCCCCCCCCCCCC. The summed E-state index contributed by atoms with van der Waals surface area (Å²) < 4.78 is 16.7. The minimum absolute atomic E-state index is 0.136. The molecule has 0 saturated carbocycles. The minimum atomic E-state index is -0.170. The Labute approximate surface area is 385 Å². The quantitative estimate of drug-likeness (QED) is 0.0339. The zero-order chi connectivity index (χ0) is 45.2. The van der Waals surface area contributed by atoms with Gasteiger partial charge >= 0.3 is 17.9 Å². The summed E-state index contributed by atoms with van der Waals surface area (Å²) in [5, 5.41) is 0. The van der Waals surface area contributed by atoms with Gasteiger partial charge in [0, 0.05) is 32.7 Å². The summed E-state index contributed by atoms with van der Waals surface area (Å²) >= 11 is 0. The van der Waals surface area contributed by atoms with E-state index < -0.39 is 0 Å². The van der Waals surface area contributed by atoms with E-state index in [2.05, 4.69) is 30.6 Å². The molecular formula is C54H106N2O6. The molecule has 0 aliphatic carbocycles. The molecule has 0 atom stereocenters. The van der Waals surface area contributed by atoms with Crippen LogP contribution in [-0.2, 0) is 28.6 Å². The number of ether oxygens (including phenoxy) is 3. The van der Waals surface area contributed by atoms with Crippen LogP contribution in [0.1, 0.15) is 271 Å². The summed E-state index contributed by atoms with van der Waals surface area (Å²) in [6.07, 6.45) is 47.2. The predicted molar refractivity (Wildman–Crippen MR) is 264 cm³/mol. The largest absolute Gasteiger partial charge is 0.466 e. The molecule has 0 saturated heterocycles. The van der Waals surface area contributed by atoms with Crippen LogP contribution in [0.15, 0.2) is 0 Å². The van der Waals surface area contributed by atoms with Gasteiger partial charge in [0.15, 0.2) is 0 Å². The third-order valence-electron chi connectivity index (χ3n) is 12.5. The maximum atomic E-state index is 12.7. The highest BCUT2D eigenvalue weighted by Crippen LogP contribution is 2.15. The number of carbonyl (C=O) groups excluding carboxylic acids is 3. The second kappa shape index (κ2) is 50.3. The Morgan fingerprint density at radius 2 is 0.516 bits per heavy atom. The number of unbranched alkanes of at least 4 members (excludes halogenated alkanes) is 33. The molecule has 0 spiro atoms. The van der Waals surface area contributed by atoms with Gasteiger partial charge in [0.2, 0.25) is 0 Å². The second-order valence-corrected chi connectivity index (χ2v) is 18.7. The summed E-state index contributed by atoms with van der Waals surface area (Å²) in [7, 11) is 2.02. The molecule has 368 valence electrons. The van der Waals surface area contributed by atoms with Crippen LogP contribution in [0, 0.1) is 0 Å². The van der Waals surface area contributed by atoms with Crippen molar-refractivity contribution in [3.63, 3.8) is 0 Å². The molecule has 0 radical (unpaired) electrons. The molecule has 0 bridgehead atoms. The molecule has 8 heteroatoms. The number of likely N-dealkylation sites (N-methyl/N-ethyl adjacent to an activating group) is 1. The Kier molecular flexibility index (Phi) is 49.0. The third kappa shape index (κ3) is 47.8. The van der Waals surface area contributed by atoms with Crippen molar-refractivity contribution in [2.75, 3.05) is 59.6 Å². The highest BCUT2D eigenvalue weighted by Gasteiger charge is 2.14. The van der Waals surface area contributed by atoms with E-state index in [1.54, 1.807) is 0 Å². The molecule has 62 heavy (non-hydrogen) atoms. The van der Waals surface area contributed by atoms with E-state index in [-0.39, 0.29) is 17.9 Å². The smallest absolute Gasteiger partial charge is 0.307 e. The molecule has 0 aliphatic rings. The van der Waals surface area contributed by atoms with Gasteiger partial charge in [-0.3, -0.25) is 14.4 Å². The number of esters is 3. The topological polar surface area (TPSA) is 85.4 Å². The van der Waals surface area contributed by atoms with E-state index in [9.17, 15) is 14.4 Å². The van der Waals surface area contributed by atoms with Crippen molar-refractivity contribution in [1.29, 1.82) is 0 Å². The van der Waals surface area contributed by atoms with E-state index in [4.69, 9.17) is 14.2 Å².